The van der Waals surface area contributed by atoms with Gasteiger partial charge in [0.1, 0.15) is 34.5 Å². The summed E-state index contributed by atoms with van der Waals surface area (Å²) in [4.78, 5) is 10.2. The van der Waals surface area contributed by atoms with E-state index in [-0.39, 0.29) is 6.17 Å². The van der Waals surface area contributed by atoms with Crippen LogP contribution >= 0.6 is 0 Å². The van der Waals surface area contributed by atoms with Crippen molar-refractivity contribution in [3.8, 4) is 11.1 Å². The summed E-state index contributed by atoms with van der Waals surface area (Å²) in [6, 6.07) is 43.9. The lowest BCUT2D eigenvalue weighted by Crippen LogP contribution is -2.33. The van der Waals surface area contributed by atoms with Crippen LogP contribution in [-0.4, -0.2) is 11.7 Å². The van der Waals surface area contributed by atoms with Crippen molar-refractivity contribution >= 4 is 61.4 Å². The zero-order valence-corrected chi connectivity index (χ0v) is 25.8. The number of amidine groups is 2. The zero-order chi connectivity index (χ0) is 31.6. The van der Waals surface area contributed by atoms with Crippen LogP contribution in [0.1, 0.15) is 34.2 Å². The lowest BCUT2D eigenvalue weighted by Gasteiger charge is -2.24. The van der Waals surface area contributed by atoms with Crippen molar-refractivity contribution in [2.45, 2.75) is 12.7 Å². The predicted octanol–water partition coefficient (Wildman–Crippen LogP) is 9.72. The first-order valence-corrected chi connectivity index (χ1v) is 16.1. The summed E-state index contributed by atoms with van der Waals surface area (Å²) in [5.41, 5.74) is 8.50. The summed E-state index contributed by atoms with van der Waals surface area (Å²) in [6.45, 7) is 0.601. The fourth-order valence-corrected chi connectivity index (χ4v) is 7.09. The van der Waals surface area contributed by atoms with E-state index in [1.807, 2.05) is 42.6 Å². The molecule has 0 radical (unpaired) electrons. The van der Waals surface area contributed by atoms with Gasteiger partial charge in [0.05, 0.1) is 6.54 Å². The normalized spacial score (nSPS) is 15.7. The number of aliphatic imine (C=N–C) groups is 2. The van der Waals surface area contributed by atoms with Crippen LogP contribution in [0.4, 0.5) is 0 Å². The van der Waals surface area contributed by atoms with Gasteiger partial charge < -0.3 is 19.5 Å². The van der Waals surface area contributed by atoms with Crippen molar-refractivity contribution in [2.75, 3.05) is 0 Å². The number of nitrogens with one attached hydrogen (secondary N) is 2. The van der Waals surface area contributed by atoms with Crippen molar-refractivity contribution in [1.82, 2.24) is 10.6 Å². The first kappa shape index (κ1) is 26.8. The summed E-state index contributed by atoms with van der Waals surface area (Å²) in [7, 11) is 0. The Kier molecular flexibility index (Phi) is 5.90. The van der Waals surface area contributed by atoms with Crippen LogP contribution in [0.5, 0.6) is 0 Å². The Morgan fingerprint density at radius 1 is 0.646 bits per heavy atom. The third-order valence-electron chi connectivity index (χ3n) is 9.38. The minimum Gasteiger partial charge on any atom is -0.458 e. The predicted molar refractivity (Wildman–Crippen MR) is 194 cm³/mol. The van der Waals surface area contributed by atoms with Gasteiger partial charge in [-0.25, -0.2) is 9.98 Å². The lowest BCUT2D eigenvalue weighted by atomic mass is 9.95. The maximum Gasteiger partial charge on any atom is 0.159 e. The van der Waals surface area contributed by atoms with Gasteiger partial charge in [0.25, 0.3) is 0 Å². The molecule has 2 aromatic heterocycles. The smallest absolute Gasteiger partial charge is 0.159 e. The van der Waals surface area contributed by atoms with Gasteiger partial charge in [0, 0.05) is 44.0 Å². The maximum absolute atomic E-state index is 6.75. The maximum atomic E-state index is 6.75. The number of rotatable bonds is 4. The molecule has 228 valence electrons. The van der Waals surface area contributed by atoms with Crippen LogP contribution in [0.2, 0.25) is 0 Å². The van der Waals surface area contributed by atoms with Crippen molar-refractivity contribution in [3.05, 3.63) is 162 Å². The quantitative estimate of drug-likeness (QED) is 0.205. The molecule has 6 nitrogen and oxygen atoms in total. The molecule has 0 saturated heterocycles. The highest BCUT2D eigenvalue weighted by atomic mass is 16.3. The third-order valence-corrected chi connectivity index (χ3v) is 9.38. The number of hydrogen-bond donors (Lipinski definition) is 2. The summed E-state index contributed by atoms with van der Waals surface area (Å²) in [6.07, 6.45) is 3.77. The van der Waals surface area contributed by atoms with Crippen LogP contribution in [0, 0.1) is 0 Å². The zero-order valence-electron chi connectivity index (χ0n) is 25.8. The van der Waals surface area contributed by atoms with Crippen molar-refractivity contribution in [3.63, 3.8) is 0 Å². The van der Waals surface area contributed by atoms with E-state index in [9.17, 15) is 0 Å². The van der Waals surface area contributed by atoms with Gasteiger partial charge in [-0.05, 0) is 52.9 Å². The summed E-state index contributed by atoms with van der Waals surface area (Å²) < 4.78 is 13.4. The van der Waals surface area contributed by atoms with Crippen molar-refractivity contribution in [2.24, 2.45) is 9.98 Å². The Balaban J connectivity index is 1.19. The number of fused-ring (bicyclic) bond motifs is 7. The fourth-order valence-electron chi connectivity index (χ4n) is 7.09. The Morgan fingerprint density at radius 2 is 1.40 bits per heavy atom. The Bertz CT molecular complexity index is 2650. The van der Waals surface area contributed by atoms with E-state index in [1.165, 1.54) is 5.39 Å². The minimum atomic E-state index is -0.302. The van der Waals surface area contributed by atoms with Crippen molar-refractivity contribution in [1.29, 1.82) is 0 Å². The molecule has 10 rings (SSSR count). The molecule has 0 bridgehead atoms. The van der Waals surface area contributed by atoms with Gasteiger partial charge in [0.15, 0.2) is 5.84 Å². The number of nitrogens with zero attached hydrogens (tertiary/aromatic N) is 2. The molecule has 0 spiro atoms. The number of hydrogen-bond acceptors (Lipinski definition) is 6. The third kappa shape index (κ3) is 4.19. The molecular formula is C42H28N4O2. The lowest BCUT2D eigenvalue weighted by molar-refractivity contribution is 0.533. The molecule has 48 heavy (non-hydrogen) atoms. The molecule has 2 aliphatic rings. The van der Waals surface area contributed by atoms with E-state index in [0.29, 0.717) is 12.4 Å². The monoisotopic (exact) mass is 620 g/mol. The SMILES string of the molecule is C1=Cc2c(oc3c(-c4cccc5c4oc4cc6ccccc6cc45)ccc(C4=NC(c5ccccc5)=NC(c5ccccc5)N4)c23)CN1. The van der Waals surface area contributed by atoms with Gasteiger partial charge in [-0.2, -0.15) is 0 Å². The number of para-hydroxylation sites is 1. The minimum absolute atomic E-state index is 0.302. The highest BCUT2D eigenvalue weighted by Crippen LogP contribution is 2.43. The van der Waals surface area contributed by atoms with Crippen LogP contribution in [0.15, 0.2) is 152 Å². The van der Waals surface area contributed by atoms with Gasteiger partial charge in [-0.1, -0.05) is 103 Å². The highest BCUT2D eigenvalue weighted by Gasteiger charge is 2.27. The van der Waals surface area contributed by atoms with E-state index in [2.05, 4.69) is 108 Å². The van der Waals surface area contributed by atoms with Crippen LogP contribution < -0.4 is 10.6 Å². The van der Waals surface area contributed by atoms with E-state index in [4.69, 9.17) is 18.8 Å². The molecule has 0 saturated carbocycles. The second kappa shape index (κ2) is 10.6. The van der Waals surface area contributed by atoms with Gasteiger partial charge in [-0.3, -0.25) is 0 Å². The fraction of sp³-hybridized carbons (Fsp3) is 0.0476. The topological polar surface area (TPSA) is 75.1 Å². The molecule has 0 fully saturated rings. The van der Waals surface area contributed by atoms with Crippen molar-refractivity contribution < 1.29 is 8.83 Å². The second-order valence-corrected chi connectivity index (χ2v) is 12.2. The van der Waals surface area contributed by atoms with Gasteiger partial charge >= 0.3 is 0 Å². The summed E-state index contributed by atoms with van der Waals surface area (Å²) in [5, 5.41) is 12.5. The first-order chi connectivity index (χ1) is 23.8. The van der Waals surface area contributed by atoms with Crippen LogP contribution in [-0.2, 0) is 6.54 Å². The average molecular weight is 621 g/mol. The molecule has 6 heteroatoms. The molecule has 8 aromatic rings. The standard InChI is InChI=1S/C42H28N4O2/c1-3-10-25(11-4-1)40-44-41(26-12-5-2-6-13-26)46-42(45-40)33-19-18-31(39-37(33)32-20-21-43-24-36(32)48-39)29-16-9-17-30-34-22-27-14-7-8-15-28(27)23-35(34)47-38(29)30/h1-23,40,43H,24H2,(H,44,45,46). The Labute approximate surface area is 275 Å². The van der Waals surface area contributed by atoms with E-state index < -0.39 is 0 Å². The molecule has 1 unspecified atom stereocenters. The Hall–Kier alpha value is -6.40. The molecule has 0 amide bonds. The highest BCUT2D eigenvalue weighted by molar-refractivity contribution is 6.21. The second-order valence-electron chi connectivity index (χ2n) is 12.2. The largest absolute Gasteiger partial charge is 0.458 e. The molecule has 6 aromatic carbocycles. The first-order valence-electron chi connectivity index (χ1n) is 16.1. The molecule has 0 aliphatic carbocycles. The summed E-state index contributed by atoms with van der Waals surface area (Å²) in [5.74, 6) is 2.32. The molecule has 1 atom stereocenters. The van der Waals surface area contributed by atoms with E-state index in [0.717, 1.165) is 83.3 Å². The number of furan rings is 2. The van der Waals surface area contributed by atoms with Gasteiger partial charge in [0.2, 0.25) is 0 Å². The van der Waals surface area contributed by atoms with E-state index in [1.54, 1.807) is 0 Å². The molecule has 4 heterocycles. The van der Waals surface area contributed by atoms with Crippen LogP contribution in [0.25, 0.3) is 60.9 Å². The molecule has 2 aliphatic heterocycles. The molecule has 2 N–H and O–H groups in total. The Morgan fingerprint density at radius 3 is 2.25 bits per heavy atom. The van der Waals surface area contributed by atoms with Crippen LogP contribution in [0.3, 0.4) is 0 Å². The average Bonchev–Trinajstić information content (AvgIpc) is 3.73. The van der Waals surface area contributed by atoms with E-state index >= 15 is 0 Å². The number of benzene rings is 6. The van der Waals surface area contributed by atoms with Gasteiger partial charge in [-0.15, -0.1) is 0 Å². The molecular weight excluding hydrogens is 592 g/mol. The summed E-state index contributed by atoms with van der Waals surface area (Å²) >= 11 is 0.